The van der Waals surface area contributed by atoms with Crippen LogP contribution in [0.1, 0.15) is 37.8 Å². The fourth-order valence-corrected chi connectivity index (χ4v) is 1.99. The van der Waals surface area contributed by atoms with Crippen LogP contribution in [0.25, 0.3) is 0 Å². The Bertz CT molecular complexity index is 489. The first kappa shape index (κ1) is 12.8. The molecule has 0 aromatic carbocycles. The van der Waals surface area contributed by atoms with Gasteiger partial charge in [-0.05, 0) is 13.3 Å². The lowest BCUT2D eigenvalue weighted by molar-refractivity contribution is 0.174. The van der Waals surface area contributed by atoms with Gasteiger partial charge in [0.1, 0.15) is 5.82 Å². The maximum atomic E-state index is 10.2. The molecule has 2 aromatic heterocycles. The van der Waals surface area contributed by atoms with E-state index in [1.54, 1.807) is 12.4 Å². The lowest BCUT2D eigenvalue weighted by Gasteiger charge is -2.10. The lowest BCUT2D eigenvalue weighted by Crippen LogP contribution is -2.08. The molecule has 5 heteroatoms. The maximum Gasteiger partial charge on any atom is 0.111 e. The predicted octanol–water partition coefficient (Wildman–Crippen LogP) is 1.79. The standard InChI is InChI=1S/C13H20N4O/c1-3-6-16-7-5-14-13(16)8-12(18)11-9-15-17(4-2)10-11/h5,7,9-10,12,18H,3-4,6,8H2,1-2H3. The molecule has 0 amide bonds. The van der Waals surface area contributed by atoms with Gasteiger partial charge >= 0.3 is 0 Å². The van der Waals surface area contributed by atoms with Crippen molar-refractivity contribution in [2.24, 2.45) is 0 Å². The van der Waals surface area contributed by atoms with Crippen molar-refractivity contribution >= 4 is 0 Å². The number of rotatable bonds is 6. The van der Waals surface area contributed by atoms with Gasteiger partial charge in [0.25, 0.3) is 0 Å². The van der Waals surface area contributed by atoms with E-state index in [9.17, 15) is 5.11 Å². The fraction of sp³-hybridized carbons (Fsp3) is 0.538. The molecule has 2 aromatic rings. The number of aliphatic hydroxyl groups is 1. The van der Waals surface area contributed by atoms with Crippen molar-refractivity contribution in [1.82, 2.24) is 19.3 Å². The van der Waals surface area contributed by atoms with Gasteiger partial charge in [-0.3, -0.25) is 4.68 Å². The molecule has 0 fully saturated rings. The minimum atomic E-state index is -0.539. The van der Waals surface area contributed by atoms with E-state index in [1.165, 1.54) is 0 Å². The molecule has 98 valence electrons. The van der Waals surface area contributed by atoms with Gasteiger partial charge in [0, 0.05) is 43.7 Å². The Morgan fingerprint density at radius 3 is 2.89 bits per heavy atom. The molecular formula is C13H20N4O. The highest BCUT2D eigenvalue weighted by Gasteiger charge is 2.13. The zero-order valence-corrected chi connectivity index (χ0v) is 11.0. The van der Waals surface area contributed by atoms with Gasteiger partial charge in [-0.25, -0.2) is 4.98 Å². The average Bonchev–Trinajstić information content (AvgIpc) is 2.99. The molecule has 2 rings (SSSR count). The average molecular weight is 248 g/mol. The molecule has 18 heavy (non-hydrogen) atoms. The monoisotopic (exact) mass is 248 g/mol. The summed E-state index contributed by atoms with van der Waals surface area (Å²) in [6.45, 7) is 5.91. The van der Waals surface area contributed by atoms with Gasteiger partial charge in [0.2, 0.25) is 0 Å². The highest BCUT2D eigenvalue weighted by Crippen LogP contribution is 2.17. The zero-order chi connectivity index (χ0) is 13.0. The summed E-state index contributed by atoms with van der Waals surface area (Å²) in [5.41, 5.74) is 0.850. The van der Waals surface area contributed by atoms with Crippen molar-refractivity contribution in [3.63, 3.8) is 0 Å². The summed E-state index contributed by atoms with van der Waals surface area (Å²) < 4.78 is 3.91. The van der Waals surface area contributed by atoms with E-state index < -0.39 is 6.10 Å². The van der Waals surface area contributed by atoms with Gasteiger partial charge in [-0.1, -0.05) is 6.92 Å². The first-order chi connectivity index (χ1) is 8.74. The molecule has 1 N–H and O–H groups in total. The van der Waals surface area contributed by atoms with Crippen LogP contribution in [0, 0.1) is 0 Å². The number of hydrogen-bond donors (Lipinski definition) is 1. The third-order valence-electron chi connectivity index (χ3n) is 3.00. The van der Waals surface area contributed by atoms with Gasteiger partial charge in [0.15, 0.2) is 0 Å². The van der Waals surface area contributed by atoms with Gasteiger partial charge < -0.3 is 9.67 Å². The minimum Gasteiger partial charge on any atom is -0.388 e. The van der Waals surface area contributed by atoms with E-state index in [-0.39, 0.29) is 0 Å². The summed E-state index contributed by atoms with van der Waals surface area (Å²) in [6, 6.07) is 0. The van der Waals surface area contributed by atoms with Crippen molar-refractivity contribution < 1.29 is 5.11 Å². The molecule has 1 unspecified atom stereocenters. The molecular weight excluding hydrogens is 228 g/mol. The summed E-state index contributed by atoms with van der Waals surface area (Å²) in [6.07, 6.45) is 8.41. The Balaban J connectivity index is 2.06. The first-order valence-electron chi connectivity index (χ1n) is 6.45. The van der Waals surface area contributed by atoms with Gasteiger partial charge in [-0.2, -0.15) is 5.10 Å². The number of imidazole rings is 1. The second-order valence-electron chi connectivity index (χ2n) is 4.39. The van der Waals surface area contributed by atoms with E-state index in [1.807, 2.05) is 24.0 Å². The number of nitrogens with zero attached hydrogens (tertiary/aromatic N) is 4. The molecule has 5 nitrogen and oxygen atoms in total. The van der Waals surface area contributed by atoms with Gasteiger partial charge in [0.05, 0.1) is 12.3 Å². The Morgan fingerprint density at radius 1 is 1.39 bits per heavy atom. The van der Waals surface area contributed by atoms with Crippen LogP contribution in [0.3, 0.4) is 0 Å². The molecule has 0 radical (unpaired) electrons. The van der Waals surface area contributed by atoms with E-state index in [4.69, 9.17) is 0 Å². The fourth-order valence-electron chi connectivity index (χ4n) is 1.99. The smallest absolute Gasteiger partial charge is 0.111 e. The van der Waals surface area contributed by atoms with Crippen molar-refractivity contribution in [1.29, 1.82) is 0 Å². The van der Waals surface area contributed by atoms with E-state index in [0.717, 1.165) is 30.9 Å². The summed E-state index contributed by atoms with van der Waals surface area (Å²) >= 11 is 0. The Morgan fingerprint density at radius 2 is 2.22 bits per heavy atom. The highest BCUT2D eigenvalue weighted by atomic mass is 16.3. The predicted molar refractivity (Wildman–Crippen MR) is 69.1 cm³/mol. The zero-order valence-electron chi connectivity index (χ0n) is 11.0. The second-order valence-corrected chi connectivity index (χ2v) is 4.39. The highest BCUT2D eigenvalue weighted by molar-refractivity contribution is 5.10. The summed E-state index contributed by atoms with van der Waals surface area (Å²) in [7, 11) is 0. The Hall–Kier alpha value is -1.62. The van der Waals surface area contributed by atoms with Crippen molar-refractivity contribution in [3.8, 4) is 0 Å². The van der Waals surface area contributed by atoms with Crippen molar-refractivity contribution in [3.05, 3.63) is 36.2 Å². The minimum absolute atomic E-state index is 0.530. The van der Waals surface area contributed by atoms with Crippen LogP contribution in [-0.4, -0.2) is 24.4 Å². The molecule has 0 aliphatic carbocycles. The van der Waals surface area contributed by atoms with Crippen molar-refractivity contribution in [2.45, 2.75) is 45.9 Å². The molecule has 0 aliphatic heterocycles. The molecule has 0 spiro atoms. The van der Waals surface area contributed by atoms with E-state index >= 15 is 0 Å². The third kappa shape index (κ3) is 2.79. The summed E-state index contributed by atoms with van der Waals surface area (Å²) in [5, 5.41) is 14.4. The van der Waals surface area contributed by atoms with Crippen LogP contribution in [-0.2, 0) is 19.5 Å². The molecule has 2 heterocycles. The maximum absolute atomic E-state index is 10.2. The third-order valence-corrected chi connectivity index (χ3v) is 3.00. The van der Waals surface area contributed by atoms with Crippen LogP contribution in [0.5, 0.6) is 0 Å². The number of aromatic nitrogens is 4. The number of aryl methyl sites for hydroxylation is 2. The SMILES string of the molecule is CCCn1ccnc1CC(O)c1cnn(CC)c1. The quantitative estimate of drug-likeness (QED) is 0.848. The summed E-state index contributed by atoms with van der Waals surface area (Å²) in [5.74, 6) is 0.925. The van der Waals surface area contributed by atoms with Crippen LogP contribution in [0.15, 0.2) is 24.8 Å². The van der Waals surface area contributed by atoms with Gasteiger partial charge in [-0.15, -0.1) is 0 Å². The second kappa shape index (κ2) is 5.82. The lowest BCUT2D eigenvalue weighted by atomic mass is 10.1. The Kier molecular flexibility index (Phi) is 4.15. The molecule has 0 aliphatic rings. The number of aliphatic hydroxyl groups excluding tert-OH is 1. The first-order valence-corrected chi connectivity index (χ1v) is 6.45. The molecule has 0 saturated carbocycles. The largest absolute Gasteiger partial charge is 0.388 e. The Labute approximate surface area is 107 Å². The molecule has 0 saturated heterocycles. The summed E-state index contributed by atoms with van der Waals surface area (Å²) in [4.78, 5) is 4.30. The van der Waals surface area contributed by atoms with Crippen LogP contribution in [0.2, 0.25) is 0 Å². The molecule has 1 atom stereocenters. The van der Waals surface area contributed by atoms with Crippen LogP contribution in [0.4, 0.5) is 0 Å². The van der Waals surface area contributed by atoms with E-state index in [2.05, 4.69) is 21.6 Å². The van der Waals surface area contributed by atoms with E-state index in [0.29, 0.717) is 6.42 Å². The number of hydrogen-bond acceptors (Lipinski definition) is 3. The van der Waals surface area contributed by atoms with Crippen molar-refractivity contribution in [2.75, 3.05) is 0 Å². The topological polar surface area (TPSA) is 55.9 Å². The molecule has 0 bridgehead atoms. The van der Waals surface area contributed by atoms with Crippen LogP contribution >= 0.6 is 0 Å². The van der Waals surface area contributed by atoms with Crippen LogP contribution < -0.4 is 0 Å². The normalized spacial score (nSPS) is 12.8.